The molecule has 0 saturated carbocycles. The largest absolute Gasteiger partial charge is 0.493 e. The van der Waals surface area contributed by atoms with E-state index in [2.05, 4.69) is 20.3 Å². The smallest absolute Gasteiger partial charge is 0.200 e. The predicted molar refractivity (Wildman–Crippen MR) is 84.9 cm³/mol. The molecule has 2 aromatic rings. The van der Waals surface area contributed by atoms with Gasteiger partial charge in [-0.2, -0.15) is 5.10 Å². The van der Waals surface area contributed by atoms with E-state index in [-0.39, 0.29) is 0 Å². The van der Waals surface area contributed by atoms with Crippen molar-refractivity contribution in [1.29, 1.82) is 0 Å². The highest BCUT2D eigenvalue weighted by Gasteiger charge is 2.38. The fraction of sp³-hybridized carbons (Fsp3) is 0.438. The summed E-state index contributed by atoms with van der Waals surface area (Å²) in [5.41, 5.74) is 1.41. The van der Waals surface area contributed by atoms with Gasteiger partial charge in [0.25, 0.3) is 0 Å². The molecule has 1 unspecified atom stereocenters. The van der Waals surface area contributed by atoms with E-state index in [1.54, 1.807) is 14.2 Å². The first-order chi connectivity index (χ1) is 11.0. The van der Waals surface area contributed by atoms with Crippen molar-refractivity contribution in [1.82, 2.24) is 15.2 Å². The molecule has 1 aromatic carbocycles. The van der Waals surface area contributed by atoms with Crippen molar-refractivity contribution in [2.75, 3.05) is 14.2 Å². The molecule has 3 rings (SSSR count). The van der Waals surface area contributed by atoms with Gasteiger partial charge in [0.15, 0.2) is 17.3 Å². The average molecular weight is 316 g/mol. The van der Waals surface area contributed by atoms with Gasteiger partial charge in [0, 0.05) is 12.8 Å². The second-order valence-electron chi connectivity index (χ2n) is 5.80. The van der Waals surface area contributed by atoms with E-state index in [0.29, 0.717) is 30.2 Å². The average Bonchev–Trinajstić information content (AvgIpc) is 3.15. The molecule has 7 heteroatoms. The van der Waals surface area contributed by atoms with Crippen molar-refractivity contribution in [3.05, 3.63) is 35.4 Å². The fourth-order valence-corrected chi connectivity index (χ4v) is 2.65. The number of nitrogens with one attached hydrogen (secondary N) is 1. The summed E-state index contributed by atoms with van der Waals surface area (Å²) in [7, 11) is 3.24. The van der Waals surface area contributed by atoms with Gasteiger partial charge in [0.2, 0.25) is 5.60 Å². The van der Waals surface area contributed by atoms with E-state index >= 15 is 0 Å². The minimum Gasteiger partial charge on any atom is -0.493 e. The van der Waals surface area contributed by atoms with E-state index < -0.39 is 5.60 Å². The van der Waals surface area contributed by atoms with Crippen molar-refractivity contribution in [3.8, 4) is 11.5 Å². The minimum absolute atomic E-state index is 0.587. The zero-order chi connectivity index (χ0) is 16.4. The molecule has 1 atom stereocenters. The van der Waals surface area contributed by atoms with Gasteiger partial charge in [0.1, 0.15) is 5.82 Å². The summed E-state index contributed by atoms with van der Waals surface area (Å²) in [5, 5.41) is 11.3. The van der Waals surface area contributed by atoms with E-state index in [1.807, 2.05) is 32.0 Å². The molecule has 7 nitrogen and oxygen atoms in total. The van der Waals surface area contributed by atoms with Crippen LogP contribution < -0.4 is 9.47 Å². The lowest BCUT2D eigenvalue weighted by atomic mass is 10.00. The Bertz CT molecular complexity index is 741. The molecule has 1 aromatic heterocycles. The van der Waals surface area contributed by atoms with Crippen molar-refractivity contribution in [3.63, 3.8) is 0 Å². The lowest BCUT2D eigenvalue weighted by Crippen LogP contribution is -2.23. The third-order valence-corrected chi connectivity index (χ3v) is 3.82. The molecule has 0 spiro atoms. The second kappa shape index (κ2) is 5.91. The van der Waals surface area contributed by atoms with Gasteiger partial charge in [-0.25, -0.2) is 4.98 Å². The molecule has 1 N–H and O–H groups in total. The summed E-state index contributed by atoms with van der Waals surface area (Å²) < 4.78 is 10.6. The third kappa shape index (κ3) is 2.99. The lowest BCUT2D eigenvalue weighted by Gasteiger charge is -2.16. The Kier molecular flexibility index (Phi) is 3.94. The normalized spacial score (nSPS) is 20.1. The van der Waals surface area contributed by atoms with Crippen LogP contribution in [-0.2, 0) is 16.9 Å². The first-order valence-electron chi connectivity index (χ1n) is 7.38. The van der Waals surface area contributed by atoms with E-state index in [1.165, 1.54) is 0 Å². The van der Waals surface area contributed by atoms with Crippen LogP contribution >= 0.6 is 0 Å². The second-order valence-corrected chi connectivity index (χ2v) is 5.80. The molecule has 23 heavy (non-hydrogen) atoms. The number of aromatic nitrogens is 3. The van der Waals surface area contributed by atoms with Gasteiger partial charge >= 0.3 is 0 Å². The summed E-state index contributed by atoms with van der Waals surface area (Å²) in [4.78, 5) is 10.0. The summed E-state index contributed by atoms with van der Waals surface area (Å²) in [6.07, 6.45) is 1.31. The van der Waals surface area contributed by atoms with E-state index in [4.69, 9.17) is 14.3 Å². The van der Waals surface area contributed by atoms with Gasteiger partial charge in [-0.3, -0.25) is 5.10 Å². The summed E-state index contributed by atoms with van der Waals surface area (Å²) in [5.74, 6) is 2.78. The van der Waals surface area contributed by atoms with Crippen LogP contribution in [0.15, 0.2) is 23.4 Å². The maximum Gasteiger partial charge on any atom is 0.200 e. The molecular weight excluding hydrogens is 296 g/mol. The molecule has 0 bridgehead atoms. The van der Waals surface area contributed by atoms with Crippen molar-refractivity contribution in [2.24, 2.45) is 5.16 Å². The van der Waals surface area contributed by atoms with Gasteiger partial charge in [-0.15, -0.1) is 0 Å². The number of methoxy groups -OCH3 is 2. The van der Waals surface area contributed by atoms with E-state index in [9.17, 15) is 0 Å². The molecule has 0 fully saturated rings. The highest BCUT2D eigenvalue weighted by atomic mass is 16.7. The SMILES string of the molecule is COc1ccc(Cc2nc(C3(C)CC(C)=NO3)n[nH]2)cc1OC. The maximum atomic E-state index is 5.48. The number of nitrogens with zero attached hydrogens (tertiary/aromatic N) is 3. The fourth-order valence-electron chi connectivity index (χ4n) is 2.65. The molecule has 0 amide bonds. The Morgan fingerprint density at radius 2 is 2.04 bits per heavy atom. The maximum absolute atomic E-state index is 5.48. The number of benzene rings is 1. The number of ether oxygens (including phenoxy) is 2. The van der Waals surface area contributed by atoms with E-state index in [0.717, 1.165) is 17.1 Å². The highest BCUT2D eigenvalue weighted by molar-refractivity contribution is 5.83. The van der Waals surface area contributed by atoms with Crippen LogP contribution in [0.3, 0.4) is 0 Å². The zero-order valence-corrected chi connectivity index (χ0v) is 13.7. The number of aromatic amines is 1. The van der Waals surface area contributed by atoms with Crippen LogP contribution in [0, 0.1) is 0 Å². The molecule has 0 radical (unpaired) electrons. The number of rotatable bonds is 5. The van der Waals surface area contributed by atoms with Gasteiger partial charge in [0.05, 0.1) is 19.9 Å². The van der Waals surface area contributed by atoms with Crippen LogP contribution in [0.5, 0.6) is 11.5 Å². The van der Waals surface area contributed by atoms with Crippen LogP contribution in [0.1, 0.15) is 37.5 Å². The Morgan fingerprint density at radius 3 is 2.70 bits per heavy atom. The number of hydrogen-bond acceptors (Lipinski definition) is 6. The summed E-state index contributed by atoms with van der Waals surface area (Å²) in [6.45, 7) is 3.87. The molecule has 0 saturated heterocycles. The molecular formula is C16H20N4O3. The predicted octanol–water partition coefficient (Wildman–Crippen LogP) is 2.42. The monoisotopic (exact) mass is 316 g/mol. The Hall–Kier alpha value is -2.57. The van der Waals surface area contributed by atoms with Gasteiger partial charge < -0.3 is 14.3 Å². The molecule has 1 aliphatic heterocycles. The lowest BCUT2D eigenvalue weighted by molar-refractivity contribution is -0.0142. The summed E-state index contributed by atoms with van der Waals surface area (Å²) >= 11 is 0. The number of hydrogen-bond donors (Lipinski definition) is 1. The standard InChI is InChI=1S/C16H20N4O3/c1-10-9-16(2,23-20-10)15-17-14(18-19-15)8-11-5-6-12(21-3)13(7-11)22-4/h5-7H,8-9H2,1-4H3,(H,17,18,19). The molecule has 122 valence electrons. The van der Waals surface area contributed by atoms with Crippen LogP contribution in [0.2, 0.25) is 0 Å². The Balaban J connectivity index is 1.77. The molecule has 0 aliphatic carbocycles. The highest BCUT2D eigenvalue weighted by Crippen LogP contribution is 2.32. The van der Waals surface area contributed by atoms with Crippen molar-refractivity contribution < 1.29 is 14.3 Å². The number of H-pyrrole nitrogens is 1. The van der Waals surface area contributed by atoms with Crippen LogP contribution in [0.25, 0.3) is 0 Å². The quantitative estimate of drug-likeness (QED) is 0.916. The molecule has 2 heterocycles. The zero-order valence-electron chi connectivity index (χ0n) is 13.7. The first kappa shape index (κ1) is 15.3. The first-order valence-corrected chi connectivity index (χ1v) is 7.38. The van der Waals surface area contributed by atoms with Crippen molar-refractivity contribution >= 4 is 5.71 Å². The topological polar surface area (TPSA) is 81.6 Å². The number of oxime groups is 1. The van der Waals surface area contributed by atoms with Crippen molar-refractivity contribution in [2.45, 2.75) is 32.3 Å². The van der Waals surface area contributed by atoms with Crippen LogP contribution in [-0.4, -0.2) is 35.1 Å². The van der Waals surface area contributed by atoms with Crippen LogP contribution in [0.4, 0.5) is 0 Å². The third-order valence-electron chi connectivity index (χ3n) is 3.82. The Labute approximate surface area is 134 Å². The molecule has 1 aliphatic rings. The van der Waals surface area contributed by atoms with Gasteiger partial charge in [-0.05, 0) is 31.5 Å². The Morgan fingerprint density at radius 1 is 1.26 bits per heavy atom. The summed E-state index contributed by atoms with van der Waals surface area (Å²) in [6, 6.07) is 5.79. The minimum atomic E-state index is -0.587. The van der Waals surface area contributed by atoms with Gasteiger partial charge in [-0.1, -0.05) is 11.2 Å².